The molecule has 1 saturated heterocycles. The zero-order valence-electron chi connectivity index (χ0n) is 12.1. The van der Waals surface area contributed by atoms with Crippen LogP contribution in [0.5, 0.6) is 0 Å². The molecular formula is C14H21ClN4OS. The number of hydrogen-bond donors (Lipinski definition) is 2. The van der Waals surface area contributed by atoms with Crippen LogP contribution in [-0.4, -0.2) is 40.5 Å². The van der Waals surface area contributed by atoms with Crippen LogP contribution in [0.2, 0.25) is 0 Å². The van der Waals surface area contributed by atoms with E-state index in [1.165, 1.54) is 17.8 Å². The van der Waals surface area contributed by atoms with E-state index in [4.69, 9.17) is 0 Å². The molecule has 1 fully saturated rings. The third-order valence-electron chi connectivity index (χ3n) is 3.78. The standard InChI is InChI=1S/C14H20N4OS.ClH/c1-2-6-18(10-3-5-15-8-10)9-12-16-11-4-7-20-13(11)14(19)17-12;/h4,7,10,15H,2-3,5-6,8-9H2,1H3,(H,16,17,19);1H. The summed E-state index contributed by atoms with van der Waals surface area (Å²) in [5.41, 5.74) is 0.802. The minimum Gasteiger partial charge on any atom is -0.315 e. The zero-order chi connectivity index (χ0) is 13.9. The SMILES string of the molecule is CCCN(Cc1nc2ccsc2c(=O)[nH]1)C1CCNC1.Cl. The van der Waals surface area contributed by atoms with Crippen molar-refractivity contribution in [3.8, 4) is 0 Å². The Balaban J connectivity index is 0.00000161. The first-order chi connectivity index (χ1) is 9.78. The van der Waals surface area contributed by atoms with Gasteiger partial charge in [-0.05, 0) is 37.4 Å². The minimum absolute atomic E-state index is 0. The monoisotopic (exact) mass is 328 g/mol. The molecule has 2 aromatic rings. The maximum Gasteiger partial charge on any atom is 0.268 e. The van der Waals surface area contributed by atoms with Gasteiger partial charge in [-0.1, -0.05) is 6.92 Å². The van der Waals surface area contributed by atoms with Gasteiger partial charge in [0, 0.05) is 12.6 Å². The molecule has 0 bridgehead atoms. The lowest BCUT2D eigenvalue weighted by molar-refractivity contribution is 0.195. The summed E-state index contributed by atoms with van der Waals surface area (Å²) in [6.07, 6.45) is 2.28. The molecule has 1 aliphatic rings. The Morgan fingerprint density at radius 2 is 2.38 bits per heavy atom. The number of nitrogens with zero attached hydrogens (tertiary/aromatic N) is 2. The molecule has 2 aromatic heterocycles. The summed E-state index contributed by atoms with van der Waals surface area (Å²) in [5, 5.41) is 5.32. The quantitative estimate of drug-likeness (QED) is 0.881. The minimum atomic E-state index is -0.0130. The Morgan fingerprint density at radius 3 is 3.10 bits per heavy atom. The average molecular weight is 329 g/mol. The van der Waals surface area contributed by atoms with Crippen molar-refractivity contribution in [1.82, 2.24) is 20.2 Å². The lowest BCUT2D eigenvalue weighted by Crippen LogP contribution is -2.37. The molecule has 0 spiro atoms. The van der Waals surface area contributed by atoms with E-state index in [0.717, 1.165) is 48.6 Å². The van der Waals surface area contributed by atoms with E-state index in [9.17, 15) is 4.79 Å². The Labute approximate surface area is 134 Å². The van der Waals surface area contributed by atoms with Crippen LogP contribution in [0.15, 0.2) is 16.2 Å². The lowest BCUT2D eigenvalue weighted by atomic mass is 10.2. The molecule has 0 aromatic carbocycles. The van der Waals surface area contributed by atoms with Gasteiger partial charge in [0.15, 0.2) is 0 Å². The van der Waals surface area contributed by atoms with Crippen LogP contribution >= 0.6 is 23.7 Å². The van der Waals surface area contributed by atoms with Crippen LogP contribution in [0.3, 0.4) is 0 Å². The molecule has 0 amide bonds. The number of hydrogen-bond acceptors (Lipinski definition) is 5. The Kier molecular flexibility index (Phi) is 5.75. The molecule has 0 radical (unpaired) electrons. The molecule has 3 heterocycles. The van der Waals surface area contributed by atoms with E-state index in [2.05, 4.69) is 27.1 Å². The van der Waals surface area contributed by atoms with Crippen molar-refractivity contribution < 1.29 is 0 Å². The fourth-order valence-electron chi connectivity index (χ4n) is 2.82. The van der Waals surface area contributed by atoms with Crippen molar-refractivity contribution in [3.63, 3.8) is 0 Å². The van der Waals surface area contributed by atoms with E-state index < -0.39 is 0 Å². The highest BCUT2D eigenvalue weighted by Gasteiger charge is 2.22. The molecule has 1 aliphatic heterocycles. The van der Waals surface area contributed by atoms with Gasteiger partial charge in [0.25, 0.3) is 5.56 Å². The lowest BCUT2D eigenvalue weighted by Gasteiger charge is -2.27. The summed E-state index contributed by atoms with van der Waals surface area (Å²) >= 11 is 1.45. The van der Waals surface area contributed by atoms with E-state index >= 15 is 0 Å². The molecule has 116 valence electrons. The molecule has 3 rings (SSSR count). The maximum absolute atomic E-state index is 12.0. The second-order valence-electron chi connectivity index (χ2n) is 5.26. The number of fused-ring (bicyclic) bond motifs is 1. The summed E-state index contributed by atoms with van der Waals surface area (Å²) in [7, 11) is 0. The summed E-state index contributed by atoms with van der Waals surface area (Å²) in [6, 6.07) is 2.47. The van der Waals surface area contributed by atoms with Gasteiger partial charge < -0.3 is 10.3 Å². The summed E-state index contributed by atoms with van der Waals surface area (Å²) < 4.78 is 0.721. The highest BCUT2D eigenvalue weighted by Crippen LogP contribution is 2.16. The van der Waals surface area contributed by atoms with E-state index in [1.807, 2.05) is 11.4 Å². The van der Waals surface area contributed by atoms with Gasteiger partial charge in [0.1, 0.15) is 10.5 Å². The molecule has 21 heavy (non-hydrogen) atoms. The maximum atomic E-state index is 12.0. The first kappa shape index (κ1) is 16.4. The number of halogens is 1. The smallest absolute Gasteiger partial charge is 0.268 e. The third-order valence-corrected chi connectivity index (χ3v) is 4.68. The predicted octanol–water partition coefficient (Wildman–Crippen LogP) is 1.98. The first-order valence-corrected chi connectivity index (χ1v) is 8.07. The summed E-state index contributed by atoms with van der Waals surface area (Å²) in [4.78, 5) is 21.9. The predicted molar refractivity (Wildman–Crippen MR) is 89.5 cm³/mol. The van der Waals surface area contributed by atoms with Crippen molar-refractivity contribution in [2.24, 2.45) is 0 Å². The van der Waals surface area contributed by atoms with Crippen LogP contribution in [0.4, 0.5) is 0 Å². The number of aromatic amines is 1. The fourth-order valence-corrected chi connectivity index (χ4v) is 3.54. The summed E-state index contributed by atoms with van der Waals surface area (Å²) in [5.74, 6) is 0.779. The number of nitrogens with one attached hydrogen (secondary N) is 2. The van der Waals surface area contributed by atoms with Crippen LogP contribution in [0.25, 0.3) is 10.2 Å². The van der Waals surface area contributed by atoms with Gasteiger partial charge in [-0.25, -0.2) is 4.98 Å². The van der Waals surface area contributed by atoms with Crippen LogP contribution in [0.1, 0.15) is 25.6 Å². The Hall–Kier alpha value is -0.950. The first-order valence-electron chi connectivity index (χ1n) is 7.19. The number of aromatic nitrogens is 2. The second-order valence-corrected chi connectivity index (χ2v) is 6.18. The normalized spacial score (nSPS) is 18.3. The fraction of sp³-hybridized carbons (Fsp3) is 0.571. The molecular weight excluding hydrogens is 308 g/mol. The second kappa shape index (κ2) is 7.35. The van der Waals surface area contributed by atoms with E-state index in [0.29, 0.717) is 6.04 Å². The van der Waals surface area contributed by atoms with Crippen LogP contribution in [0, 0.1) is 0 Å². The molecule has 1 unspecified atom stereocenters. The molecule has 0 aliphatic carbocycles. The molecule has 2 N–H and O–H groups in total. The highest BCUT2D eigenvalue weighted by molar-refractivity contribution is 7.17. The van der Waals surface area contributed by atoms with E-state index in [-0.39, 0.29) is 18.0 Å². The topological polar surface area (TPSA) is 61.0 Å². The van der Waals surface area contributed by atoms with E-state index in [1.54, 1.807) is 0 Å². The van der Waals surface area contributed by atoms with Crippen molar-refractivity contribution in [3.05, 3.63) is 27.6 Å². The molecule has 1 atom stereocenters. The zero-order valence-corrected chi connectivity index (χ0v) is 13.7. The summed E-state index contributed by atoms with van der Waals surface area (Å²) in [6.45, 7) is 6.07. The van der Waals surface area contributed by atoms with Gasteiger partial charge in [-0.2, -0.15) is 0 Å². The van der Waals surface area contributed by atoms with Crippen molar-refractivity contribution >= 4 is 34.0 Å². The van der Waals surface area contributed by atoms with Gasteiger partial charge in [-0.3, -0.25) is 9.69 Å². The van der Waals surface area contributed by atoms with Crippen molar-refractivity contribution in [1.29, 1.82) is 0 Å². The van der Waals surface area contributed by atoms with Gasteiger partial charge in [0.05, 0.1) is 12.1 Å². The Morgan fingerprint density at radius 1 is 1.52 bits per heavy atom. The van der Waals surface area contributed by atoms with Gasteiger partial charge >= 0.3 is 0 Å². The number of H-pyrrole nitrogens is 1. The van der Waals surface area contributed by atoms with Gasteiger partial charge in [0.2, 0.25) is 0 Å². The highest BCUT2D eigenvalue weighted by atomic mass is 35.5. The molecule has 0 saturated carbocycles. The molecule has 7 heteroatoms. The van der Waals surface area contributed by atoms with Crippen LogP contribution < -0.4 is 10.9 Å². The molecule has 5 nitrogen and oxygen atoms in total. The third kappa shape index (κ3) is 3.63. The van der Waals surface area contributed by atoms with Crippen molar-refractivity contribution in [2.75, 3.05) is 19.6 Å². The van der Waals surface area contributed by atoms with Crippen LogP contribution in [-0.2, 0) is 6.54 Å². The average Bonchev–Trinajstić information content (AvgIpc) is 3.09. The number of rotatable bonds is 5. The van der Waals surface area contributed by atoms with Crippen molar-refractivity contribution in [2.45, 2.75) is 32.4 Å². The Bertz CT molecular complexity index is 635. The number of thiophene rings is 1. The van der Waals surface area contributed by atoms with Gasteiger partial charge in [-0.15, -0.1) is 23.7 Å². The largest absolute Gasteiger partial charge is 0.315 e.